The number of alkyl halides is 3. The topological polar surface area (TPSA) is 34.1 Å². The second kappa shape index (κ2) is 5.79. The maximum atomic E-state index is 13.1. The predicted molar refractivity (Wildman–Crippen MR) is 76.8 cm³/mol. The summed E-state index contributed by atoms with van der Waals surface area (Å²) in [5.74, 6) is 0.916. The lowest BCUT2D eigenvalue weighted by atomic mass is 10.0. The maximum absolute atomic E-state index is 13.1. The highest BCUT2D eigenvalue weighted by molar-refractivity contribution is 5.90. The average Bonchev–Trinajstić information content (AvgIpc) is 2.42. The largest absolute Gasteiger partial charge is 0.491 e. The molecule has 1 aromatic carbocycles. The molecule has 0 spiro atoms. The van der Waals surface area contributed by atoms with Gasteiger partial charge in [0, 0.05) is 12.4 Å². The summed E-state index contributed by atoms with van der Waals surface area (Å²) in [6.45, 7) is 4.09. The average molecular weight is 298 g/mol. The van der Waals surface area contributed by atoms with Gasteiger partial charge in [0.15, 0.2) is 0 Å². The minimum Gasteiger partial charge on any atom is -0.491 e. The third kappa shape index (κ3) is 3.04. The van der Waals surface area contributed by atoms with Crippen molar-refractivity contribution in [1.82, 2.24) is 4.98 Å². The summed E-state index contributed by atoms with van der Waals surface area (Å²) < 4.78 is 44.9. The van der Waals surface area contributed by atoms with Gasteiger partial charge in [-0.2, -0.15) is 13.2 Å². The van der Waals surface area contributed by atoms with Crippen LogP contribution in [0, 0.1) is 6.92 Å². The Hall–Kier alpha value is -1.98. The van der Waals surface area contributed by atoms with Crippen molar-refractivity contribution in [3.8, 4) is 5.75 Å². The normalized spacial score (nSPS) is 11.7. The molecule has 0 unspecified atom stereocenters. The molecule has 2 aromatic rings. The standard InChI is InChI=1S/C15H17F3N2O/c1-4-7-21-12-6-5-11(15(16,17)18)10-8-9(2)14(19-3)20-13(10)12/h5-6,8H,4,7H2,1-3H3,(H,19,20). The minimum atomic E-state index is -4.42. The van der Waals surface area contributed by atoms with E-state index in [1.54, 1.807) is 14.0 Å². The van der Waals surface area contributed by atoms with Crippen LogP contribution in [0.15, 0.2) is 18.2 Å². The summed E-state index contributed by atoms with van der Waals surface area (Å²) in [7, 11) is 1.68. The third-order valence-corrected chi connectivity index (χ3v) is 3.14. The van der Waals surface area contributed by atoms with Crippen LogP contribution in [0.25, 0.3) is 10.9 Å². The van der Waals surface area contributed by atoms with Gasteiger partial charge < -0.3 is 10.1 Å². The van der Waals surface area contributed by atoms with Crippen molar-refractivity contribution in [2.45, 2.75) is 26.4 Å². The van der Waals surface area contributed by atoms with Crippen LogP contribution in [-0.4, -0.2) is 18.6 Å². The van der Waals surface area contributed by atoms with Crippen molar-refractivity contribution in [1.29, 1.82) is 0 Å². The van der Waals surface area contributed by atoms with Crippen molar-refractivity contribution >= 4 is 16.7 Å². The van der Waals surface area contributed by atoms with Gasteiger partial charge in [-0.05, 0) is 37.1 Å². The van der Waals surface area contributed by atoms with E-state index in [4.69, 9.17) is 4.74 Å². The minimum absolute atomic E-state index is 0.0626. The molecule has 0 radical (unpaired) electrons. The number of pyridine rings is 1. The number of anilines is 1. The van der Waals surface area contributed by atoms with Crippen LogP contribution in [0.3, 0.4) is 0 Å². The number of nitrogens with one attached hydrogen (secondary N) is 1. The Morgan fingerprint density at radius 3 is 2.57 bits per heavy atom. The van der Waals surface area contributed by atoms with Gasteiger partial charge in [0.25, 0.3) is 0 Å². The highest BCUT2D eigenvalue weighted by atomic mass is 19.4. The maximum Gasteiger partial charge on any atom is 0.417 e. The van der Waals surface area contributed by atoms with E-state index in [1.807, 2.05) is 6.92 Å². The molecule has 0 aliphatic rings. The van der Waals surface area contributed by atoms with E-state index in [9.17, 15) is 13.2 Å². The van der Waals surface area contributed by atoms with Crippen molar-refractivity contribution < 1.29 is 17.9 Å². The summed E-state index contributed by atoms with van der Waals surface area (Å²) in [5.41, 5.74) is 0.191. The van der Waals surface area contributed by atoms with E-state index in [-0.39, 0.29) is 10.9 Å². The fourth-order valence-electron chi connectivity index (χ4n) is 2.16. The first-order chi connectivity index (χ1) is 9.88. The third-order valence-electron chi connectivity index (χ3n) is 3.14. The number of hydrogen-bond acceptors (Lipinski definition) is 3. The van der Waals surface area contributed by atoms with Crippen molar-refractivity contribution in [3.63, 3.8) is 0 Å². The van der Waals surface area contributed by atoms with Gasteiger partial charge in [-0.25, -0.2) is 4.98 Å². The van der Waals surface area contributed by atoms with Gasteiger partial charge in [0.2, 0.25) is 0 Å². The van der Waals surface area contributed by atoms with Crippen LogP contribution in [0.4, 0.5) is 19.0 Å². The molecule has 0 saturated carbocycles. The zero-order valence-corrected chi connectivity index (χ0v) is 12.1. The van der Waals surface area contributed by atoms with E-state index in [0.29, 0.717) is 23.7 Å². The Morgan fingerprint density at radius 2 is 2.00 bits per heavy atom. The van der Waals surface area contributed by atoms with E-state index >= 15 is 0 Å². The fourth-order valence-corrected chi connectivity index (χ4v) is 2.16. The number of aryl methyl sites for hydroxylation is 1. The van der Waals surface area contributed by atoms with Crippen LogP contribution in [0.5, 0.6) is 5.75 Å². The fraction of sp³-hybridized carbons (Fsp3) is 0.400. The molecule has 21 heavy (non-hydrogen) atoms. The first kappa shape index (κ1) is 15.4. The van der Waals surface area contributed by atoms with Crippen molar-refractivity contribution in [2.24, 2.45) is 0 Å². The van der Waals surface area contributed by atoms with Gasteiger partial charge in [-0.3, -0.25) is 0 Å². The quantitative estimate of drug-likeness (QED) is 0.909. The predicted octanol–water partition coefficient (Wildman–Crippen LogP) is 4.39. The zero-order valence-electron chi connectivity index (χ0n) is 12.1. The molecule has 3 nitrogen and oxygen atoms in total. The lowest BCUT2D eigenvalue weighted by molar-refractivity contribution is -0.136. The Labute approximate surface area is 121 Å². The van der Waals surface area contributed by atoms with Gasteiger partial charge in [-0.1, -0.05) is 6.92 Å². The molecule has 0 amide bonds. The number of hydrogen-bond donors (Lipinski definition) is 1. The van der Waals surface area contributed by atoms with Crippen LogP contribution >= 0.6 is 0 Å². The van der Waals surface area contributed by atoms with Crippen LogP contribution in [-0.2, 0) is 6.18 Å². The molecule has 1 heterocycles. The lowest BCUT2D eigenvalue weighted by Gasteiger charge is -2.15. The van der Waals surface area contributed by atoms with Crippen molar-refractivity contribution in [3.05, 3.63) is 29.3 Å². The molecule has 0 atom stereocenters. The molecular weight excluding hydrogens is 281 g/mol. The van der Waals surface area contributed by atoms with Crippen LogP contribution in [0.1, 0.15) is 24.5 Å². The van der Waals surface area contributed by atoms with E-state index in [0.717, 1.165) is 12.5 Å². The Morgan fingerprint density at radius 1 is 1.29 bits per heavy atom. The van der Waals surface area contributed by atoms with Crippen molar-refractivity contribution in [2.75, 3.05) is 19.0 Å². The summed E-state index contributed by atoms with van der Waals surface area (Å²) in [6.07, 6.45) is -3.65. The molecule has 0 saturated heterocycles. The Kier molecular flexibility index (Phi) is 4.25. The van der Waals surface area contributed by atoms with E-state index in [1.165, 1.54) is 12.1 Å². The molecule has 0 fully saturated rings. The molecule has 1 N–H and O–H groups in total. The van der Waals surface area contributed by atoms with Gasteiger partial charge in [-0.15, -0.1) is 0 Å². The molecule has 0 aliphatic heterocycles. The highest BCUT2D eigenvalue weighted by Gasteiger charge is 2.33. The molecule has 6 heteroatoms. The van der Waals surface area contributed by atoms with Crippen LogP contribution < -0.4 is 10.1 Å². The summed E-state index contributed by atoms with van der Waals surface area (Å²) in [6, 6.07) is 3.88. The summed E-state index contributed by atoms with van der Waals surface area (Å²) in [4.78, 5) is 4.28. The van der Waals surface area contributed by atoms with Crippen LogP contribution in [0.2, 0.25) is 0 Å². The number of nitrogens with zero attached hydrogens (tertiary/aromatic N) is 1. The number of aromatic nitrogens is 1. The molecular formula is C15H17F3N2O. The molecule has 114 valence electrons. The first-order valence-corrected chi connectivity index (χ1v) is 6.70. The lowest BCUT2D eigenvalue weighted by Crippen LogP contribution is -2.08. The van der Waals surface area contributed by atoms with E-state index < -0.39 is 11.7 Å². The summed E-state index contributed by atoms with van der Waals surface area (Å²) >= 11 is 0. The van der Waals surface area contributed by atoms with Gasteiger partial charge in [0.1, 0.15) is 17.1 Å². The smallest absolute Gasteiger partial charge is 0.417 e. The SMILES string of the molecule is CCCOc1ccc(C(F)(F)F)c2cc(C)c(NC)nc12. The van der Waals surface area contributed by atoms with Gasteiger partial charge >= 0.3 is 6.18 Å². The monoisotopic (exact) mass is 298 g/mol. The second-order valence-corrected chi connectivity index (χ2v) is 4.76. The number of fused-ring (bicyclic) bond motifs is 1. The zero-order chi connectivity index (χ0) is 15.6. The highest BCUT2D eigenvalue weighted by Crippen LogP contribution is 2.38. The number of benzene rings is 1. The molecule has 0 bridgehead atoms. The Balaban J connectivity index is 2.73. The number of rotatable bonds is 4. The van der Waals surface area contributed by atoms with Gasteiger partial charge in [0.05, 0.1) is 12.2 Å². The second-order valence-electron chi connectivity index (χ2n) is 4.76. The molecule has 0 aliphatic carbocycles. The Bertz CT molecular complexity index is 653. The number of ether oxygens (including phenoxy) is 1. The summed E-state index contributed by atoms with van der Waals surface area (Å²) in [5, 5.41) is 2.94. The first-order valence-electron chi connectivity index (χ1n) is 6.70. The molecule has 2 rings (SSSR count). The number of halogens is 3. The van der Waals surface area contributed by atoms with E-state index in [2.05, 4.69) is 10.3 Å². The molecule has 1 aromatic heterocycles.